The lowest BCUT2D eigenvalue weighted by Gasteiger charge is -2.33. The van der Waals surface area contributed by atoms with Crippen molar-refractivity contribution in [2.75, 3.05) is 37.6 Å². The lowest BCUT2D eigenvalue weighted by Crippen LogP contribution is -2.50. The minimum Gasteiger partial charge on any atom is -0.337 e. The molecule has 0 bridgehead atoms. The Morgan fingerprint density at radius 2 is 1.69 bits per heavy atom. The summed E-state index contributed by atoms with van der Waals surface area (Å²) < 4.78 is 40.1. The van der Waals surface area contributed by atoms with Crippen molar-refractivity contribution < 1.29 is 22.4 Å². The molecule has 168 valence electrons. The fraction of sp³-hybridized carbons (Fsp3) is 0.304. The Bertz CT molecular complexity index is 1140. The van der Waals surface area contributed by atoms with Crippen molar-refractivity contribution in [3.05, 3.63) is 66.0 Å². The summed E-state index contributed by atoms with van der Waals surface area (Å²) in [7, 11) is -3.79. The van der Waals surface area contributed by atoms with Crippen molar-refractivity contribution in [1.82, 2.24) is 9.21 Å². The molecule has 0 aliphatic carbocycles. The molecule has 2 heterocycles. The normalized spacial score (nSPS) is 18.0. The van der Waals surface area contributed by atoms with Crippen LogP contribution in [0.5, 0.6) is 0 Å². The zero-order valence-corrected chi connectivity index (χ0v) is 18.3. The average molecular weight is 458 g/mol. The second kappa shape index (κ2) is 9.22. The van der Waals surface area contributed by atoms with Gasteiger partial charge in [-0.2, -0.15) is 4.31 Å². The number of rotatable bonds is 5. The van der Waals surface area contributed by atoms with Crippen molar-refractivity contribution in [3.8, 4) is 0 Å². The second-order valence-corrected chi connectivity index (χ2v) is 9.70. The highest BCUT2D eigenvalue weighted by atomic mass is 32.2. The molecule has 0 spiro atoms. The van der Waals surface area contributed by atoms with Crippen LogP contribution in [-0.2, 0) is 19.6 Å². The number of amides is 2. The Morgan fingerprint density at radius 3 is 2.31 bits per heavy atom. The van der Waals surface area contributed by atoms with Gasteiger partial charge in [0.2, 0.25) is 21.8 Å². The van der Waals surface area contributed by atoms with Gasteiger partial charge in [0, 0.05) is 50.9 Å². The summed E-state index contributed by atoms with van der Waals surface area (Å²) in [6.07, 6.45) is 4.61. The predicted octanol–water partition coefficient (Wildman–Crippen LogP) is 2.50. The molecule has 4 rings (SSSR count). The Kier molecular flexibility index (Phi) is 6.38. The lowest BCUT2D eigenvalue weighted by molar-refractivity contribution is -0.127. The molecular weight excluding hydrogens is 433 g/mol. The molecule has 2 aromatic carbocycles. The number of halogens is 1. The first-order chi connectivity index (χ1) is 15.3. The van der Waals surface area contributed by atoms with E-state index in [0.29, 0.717) is 6.42 Å². The van der Waals surface area contributed by atoms with Gasteiger partial charge in [0.1, 0.15) is 5.82 Å². The van der Waals surface area contributed by atoms with Crippen LogP contribution in [0.15, 0.2) is 59.5 Å². The van der Waals surface area contributed by atoms with E-state index in [2.05, 4.69) is 0 Å². The molecule has 2 saturated heterocycles. The zero-order chi connectivity index (χ0) is 22.7. The Morgan fingerprint density at radius 1 is 0.969 bits per heavy atom. The summed E-state index contributed by atoms with van der Waals surface area (Å²) in [6, 6.07) is 12.4. The third kappa shape index (κ3) is 4.73. The van der Waals surface area contributed by atoms with Crippen LogP contribution >= 0.6 is 0 Å². The fourth-order valence-electron chi connectivity index (χ4n) is 3.88. The maximum absolute atomic E-state index is 13.4. The first kappa shape index (κ1) is 22.2. The largest absolute Gasteiger partial charge is 0.337 e. The van der Waals surface area contributed by atoms with Crippen LogP contribution in [0.4, 0.5) is 10.1 Å². The number of piperazine rings is 1. The Hall–Kier alpha value is -3.04. The number of hydrogen-bond donors (Lipinski definition) is 0. The van der Waals surface area contributed by atoms with Gasteiger partial charge in [0.25, 0.3) is 0 Å². The minimum absolute atomic E-state index is 0.0868. The highest BCUT2D eigenvalue weighted by Gasteiger charge is 2.29. The molecule has 9 heteroatoms. The molecule has 0 aromatic heterocycles. The minimum atomic E-state index is -3.79. The van der Waals surface area contributed by atoms with Crippen LogP contribution in [0.1, 0.15) is 18.4 Å². The van der Waals surface area contributed by atoms with Crippen LogP contribution < -0.4 is 4.90 Å². The highest BCUT2D eigenvalue weighted by Crippen LogP contribution is 2.22. The summed E-state index contributed by atoms with van der Waals surface area (Å²) in [5, 5.41) is 0. The van der Waals surface area contributed by atoms with Crippen LogP contribution in [0.25, 0.3) is 6.08 Å². The van der Waals surface area contributed by atoms with Gasteiger partial charge < -0.3 is 9.80 Å². The highest BCUT2D eigenvalue weighted by molar-refractivity contribution is 7.89. The van der Waals surface area contributed by atoms with Crippen molar-refractivity contribution >= 4 is 33.6 Å². The molecule has 2 amide bonds. The number of carbonyl (C=O) groups excluding carboxylic acids is 2. The molecule has 0 atom stereocenters. The third-order valence-corrected chi connectivity index (χ3v) is 7.58. The fourth-order valence-corrected chi connectivity index (χ4v) is 5.34. The molecule has 32 heavy (non-hydrogen) atoms. The molecule has 2 aromatic rings. The van der Waals surface area contributed by atoms with Gasteiger partial charge in [-0.15, -0.1) is 0 Å². The SMILES string of the molecule is O=C(/C=C/c1ccc(N2CCCC2=O)cc1)N1CCN(S(=O)(=O)c2cccc(F)c2)CC1. The maximum atomic E-state index is 13.4. The van der Waals surface area contributed by atoms with Crippen LogP contribution in [0, 0.1) is 5.82 Å². The smallest absolute Gasteiger partial charge is 0.246 e. The lowest BCUT2D eigenvalue weighted by atomic mass is 10.2. The van der Waals surface area contributed by atoms with Gasteiger partial charge in [0.15, 0.2) is 0 Å². The molecule has 0 saturated carbocycles. The first-order valence-corrected chi connectivity index (χ1v) is 11.9. The summed E-state index contributed by atoms with van der Waals surface area (Å²) in [5.41, 5.74) is 1.69. The van der Waals surface area contributed by atoms with Gasteiger partial charge in [0.05, 0.1) is 4.90 Å². The van der Waals surface area contributed by atoms with Gasteiger partial charge in [-0.1, -0.05) is 18.2 Å². The summed E-state index contributed by atoms with van der Waals surface area (Å²) in [4.78, 5) is 27.6. The molecule has 7 nitrogen and oxygen atoms in total. The average Bonchev–Trinajstić information content (AvgIpc) is 3.23. The van der Waals surface area contributed by atoms with Gasteiger partial charge in [-0.05, 0) is 48.4 Å². The quantitative estimate of drug-likeness (QED) is 0.647. The van der Waals surface area contributed by atoms with Crippen LogP contribution in [0.2, 0.25) is 0 Å². The predicted molar refractivity (Wildman–Crippen MR) is 119 cm³/mol. The van der Waals surface area contributed by atoms with Gasteiger partial charge in [-0.3, -0.25) is 9.59 Å². The topological polar surface area (TPSA) is 78.0 Å². The number of benzene rings is 2. The van der Waals surface area contributed by atoms with E-state index in [0.717, 1.165) is 30.3 Å². The Balaban J connectivity index is 1.33. The van der Waals surface area contributed by atoms with Crippen molar-refractivity contribution in [1.29, 1.82) is 0 Å². The molecule has 2 aliphatic rings. The monoisotopic (exact) mass is 457 g/mol. The third-order valence-electron chi connectivity index (χ3n) is 5.68. The van der Waals surface area contributed by atoms with E-state index in [1.807, 2.05) is 24.3 Å². The molecule has 2 fully saturated rings. The summed E-state index contributed by atoms with van der Waals surface area (Å²) in [5.74, 6) is -0.682. The number of carbonyl (C=O) groups is 2. The molecule has 2 aliphatic heterocycles. The molecular formula is C23H24FN3O4S. The molecule has 0 N–H and O–H groups in total. The van der Waals surface area contributed by atoms with E-state index >= 15 is 0 Å². The van der Waals surface area contributed by atoms with E-state index in [4.69, 9.17) is 0 Å². The number of hydrogen-bond acceptors (Lipinski definition) is 4. The molecule has 0 radical (unpaired) electrons. The number of anilines is 1. The summed E-state index contributed by atoms with van der Waals surface area (Å²) in [6.45, 7) is 1.54. The van der Waals surface area contributed by atoms with E-state index in [-0.39, 0.29) is 42.9 Å². The van der Waals surface area contributed by atoms with E-state index in [1.54, 1.807) is 15.9 Å². The number of nitrogens with zero attached hydrogens (tertiary/aromatic N) is 3. The zero-order valence-electron chi connectivity index (χ0n) is 17.5. The number of sulfonamides is 1. The van der Waals surface area contributed by atoms with E-state index in [9.17, 15) is 22.4 Å². The maximum Gasteiger partial charge on any atom is 0.246 e. The second-order valence-electron chi connectivity index (χ2n) is 7.76. The van der Waals surface area contributed by atoms with E-state index < -0.39 is 15.8 Å². The van der Waals surface area contributed by atoms with Crippen LogP contribution in [0.3, 0.4) is 0 Å². The van der Waals surface area contributed by atoms with Crippen LogP contribution in [-0.4, -0.2) is 62.2 Å². The van der Waals surface area contributed by atoms with Gasteiger partial charge >= 0.3 is 0 Å². The summed E-state index contributed by atoms with van der Waals surface area (Å²) >= 11 is 0. The van der Waals surface area contributed by atoms with Gasteiger partial charge in [-0.25, -0.2) is 12.8 Å². The first-order valence-electron chi connectivity index (χ1n) is 10.5. The van der Waals surface area contributed by atoms with Crippen molar-refractivity contribution in [3.63, 3.8) is 0 Å². The molecule has 0 unspecified atom stereocenters. The standard InChI is InChI=1S/C23H24FN3O4S/c24-19-3-1-4-21(17-19)32(30,31)26-15-13-25(14-16-26)22(28)11-8-18-6-9-20(10-7-18)27-12-2-5-23(27)29/h1,3-4,6-11,17H,2,5,12-16H2/b11-8+. The Labute approximate surface area is 186 Å². The van der Waals surface area contributed by atoms with Crippen molar-refractivity contribution in [2.24, 2.45) is 0 Å². The van der Waals surface area contributed by atoms with Crippen molar-refractivity contribution in [2.45, 2.75) is 17.7 Å². The van der Waals surface area contributed by atoms with E-state index in [1.165, 1.54) is 28.6 Å².